The number of rotatable bonds is 6. The SMILES string of the molecule is COC(=O)CCc1ccc(/C=C/C(=O)Nc2ccc(Cl)c(Cl)c2)o1. The summed E-state index contributed by atoms with van der Waals surface area (Å²) in [6.07, 6.45) is 3.56. The van der Waals surface area contributed by atoms with E-state index < -0.39 is 0 Å². The molecule has 0 saturated heterocycles. The third-order valence-corrected chi connectivity index (χ3v) is 3.81. The lowest BCUT2D eigenvalue weighted by Gasteiger charge is -2.03. The Morgan fingerprint density at radius 3 is 2.71 bits per heavy atom. The van der Waals surface area contributed by atoms with E-state index >= 15 is 0 Å². The molecule has 0 atom stereocenters. The Hall–Kier alpha value is -2.24. The molecular formula is C17H15Cl2NO4. The highest BCUT2D eigenvalue weighted by Gasteiger charge is 2.06. The van der Waals surface area contributed by atoms with Gasteiger partial charge in [-0.3, -0.25) is 9.59 Å². The van der Waals surface area contributed by atoms with Crippen LogP contribution in [-0.4, -0.2) is 19.0 Å². The van der Waals surface area contributed by atoms with Crippen molar-refractivity contribution < 1.29 is 18.7 Å². The molecule has 0 bridgehead atoms. The van der Waals surface area contributed by atoms with E-state index in [-0.39, 0.29) is 18.3 Å². The first kappa shape index (κ1) is 18.1. The predicted molar refractivity (Wildman–Crippen MR) is 93.2 cm³/mol. The van der Waals surface area contributed by atoms with Gasteiger partial charge in [-0.05, 0) is 36.4 Å². The van der Waals surface area contributed by atoms with Crippen molar-refractivity contribution in [1.82, 2.24) is 0 Å². The molecule has 0 unspecified atom stereocenters. The first-order valence-electron chi connectivity index (χ1n) is 7.07. The van der Waals surface area contributed by atoms with E-state index in [9.17, 15) is 9.59 Å². The van der Waals surface area contributed by atoms with Crippen LogP contribution < -0.4 is 5.32 Å². The first-order valence-corrected chi connectivity index (χ1v) is 7.83. The Morgan fingerprint density at radius 1 is 1.21 bits per heavy atom. The Bertz CT molecular complexity index is 768. The quantitative estimate of drug-likeness (QED) is 0.608. The summed E-state index contributed by atoms with van der Waals surface area (Å²) in [4.78, 5) is 22.9. The van der Waals surface area contributed by atoms with Gasteiger partial charge in [0.25, 0.3) is 0 Å². The number of esters is 1. The lowest BCUT2D eigenvalue weighted by Crippen LogP contribution is -2.07. The molecule has 24 heavy (non-hydrogen) atoms. The van der Waals surface area contributed by atoms with Gasteiger partial charge in [0.2, 0.25) is 5.91 Å². The summed E-state index contributed by atoms with van der Waals surface area (Å²) < 4.78 is 10.1. The Kier molecular flexibility index (Phi) is 6.46. The van der Waals surface area contributed by atoms with Crippen LogP contribution in [0.25, 0.3) is 6.08 Å². The maximum atomic E-state index is 11.9. The average molecular weight is 368 g/mol. The zero-order chi connectivity index (χ0) is 17.5. The number of methoxy groups -OCH3 is 1. The molecule has 0 aliphatic rings. The van der Waals surface area contributed by atoms with Crippen molar-refractivity contribution in [2.24, 2.45) is 0 Å². The molecule has 0 aliphatic carbocycles. The number of carbonyl (C=O) groups is 2. The van der Waals surface area contributed by atoms with Crippen LogP contribution in [0.1, 0.15) is 17.9 Å². The van der Waals surface area contributed by atoms with Crippen LogP contribution in [0.15, 0.2) is 40.8 Å². The Labute approximate surface area is 149 Å². The maximum absolute atomic E-state index is 11.9. The van der Waals surface area contributed by atoms with Crippen LogP contribution >= 0.6 is 23.2 Å². The van der Waals surface area contributed by atoms with Crippen LogP contribution in [0, 0.1) is 0 Å². The average Bonchev–Trinajstić information content (AvgIpc) is 3.02. The number of halogens is 2. The van der Waals surface area contributed by atoms with E-state index in [1.807, 2.05) is 0 Å². The number of benzene rings is 1. The molecule has 0 saturated carbocycles. The molecule has 5 nitrogen and oxygen atoms in total. The monoisotopic (exact) mass is 367 g/mol. The van der Waals surface area contributed by atoms with Crippen molar-refractivity contribution in [2.45, 2.75) is 12.8 Å². The van der Waals surface area contributed by atoms with Crippen molar-refractivity contribution in [3.63, 3.8) is 0 Å². The van der Waals surface area contributed by atoms with Gasteiger partial charge in [-0.25, -0.2) is 0 Å². The van der Waals surface area contributed by atoms with Crippen molar-refractivity contribution in [3.05, 3.63) is 58.0 Å². The van der Waals surface area contributed by atoms with Gasteiger partial charge >= 0.3 is 5.97 Å². The number of anilines is 1. The van der Waals surface area contributed by atoms with E-state index in [1.54, 1.807) is 30.3 Å². The molecule has 1 aromatic heterocycles. The van der Waals surface area contributed by atoms with Crippen LogP contribution in [0.5, 0.6) is 0 Å². The van der Waals surface area contributed by atoms with Gasteiger partial charge < -0.3 is 14.5 Å². The van der Waals surface area contributed by atoms with Gasteiger partial charge in [0, 0.05) is 18.2 Å². The summed E-state index contributed by atoms with van der Waals surface area (Å²) in [5, 5.41) is 3.44. The number of aryl methyl sites for hydroxylation is 1. The summed E-state index contributed by atoms with van der Waals surface area (Å²) >= 11 is 11.7. The van der Waals surface area contributed by atoms with E-state index in [4.69, 9.17) is 27.6 Å². The fourth-order valence-corrected chi connectivity index (χ4v) is 2.16. The summed E-state index contributed by atoms with van der Waals surface area (Å²) in [6, 6.07) is 8.28. The number of amides is 1. The molecule has 2 rings (SSSR count). The predicted octanol–water partition coefficient (Wildman–Crippen LogP) is 4.34. The van der Waals surface area contributed by atoms with Crippen molar-refractivity contribution >= 4 is 46.8 Å². The lowest BCUT2D eigenvalue weighted by molar-refractivity contribution is -0.140. The molecule has 1 N–H and O–H groups in total. The molecule has 0 spiro atoms. The lowest BCUT2D eigenvalue weighted by atomic mass is 10.2. The molecule has 1 amide bonds. The van der Waals surface area contributed by atoms with Gasteiger partial charge in [0.05, 0.1) is 23.6 Å². The minimum Gasteiger partial charge on any atom is -0.469 e. The van der Waals surface area contributed by atoms with E-state index in [1.165, 1.54) is 19.3 Å². The molecule has 0 fully saturated rings. The zero-order valence-electron chi connectivity index (χ0n) is 12.8. The molecule has 1 aromatic carbocycles. The summed E-state index contributed by atoms with van der Waals surface area (Å²) in [7, 11) is 1.34. The molecule has 0 radical (unpaired) electrons. The second-order valence-electron chi connectivity index (χ2n) is 4.83. The summed E-state index contributed by atoms with van der Waals surface area (Å²) in [5.41, 5.74) is 0.539. The Morgan fingerprint density at radius 2 is 2.00 bits per heavy atom. The third-order valence-electron chi connectivity index (χ3n) is 3.07. The third kappa shape index (κ3) is 5.44. The second-order valence-corrected chi connectivity index (χ2v) is 5.65. The minimum atomic E-state index is -0.333. The molecular weight excluding hydrogens is 353 g/mol. The minimum absolute atomic E-state index is 0.241. The number of nitrogens with one attached hydrogen (secondary N) is 1. The van der Waals surface area contributed by atoms with Crippen LogP contribution in [-0.2, 0) is 20.7 Å². The maximum Gasteiger partial charge on any atom is 0.305 e. The fraction of sp³-hybridized carbons (Fsp3) is 0.176. The number of carbonyl (C=O) groups excluding carboxylic acids is 2. The molecule has 2 aromatic rings. The van der Waals surface area contributed by atoms with E-state index in [0.717, 1.165) is 0 Å². The standard InChI is InChI=1S/C17H15Cl2NO4/c1-23-17(22)9-6-13-4-3-12(24-13)5-8-16(21)20-11-2-7-14(18)15(19)10-11/h2-5,7-8,10H,6,9H2,1H3,(H,20,21)/b8-5+. The van der Waals surface area contributed by atoms with Gasteiger partial charge in [-0.1, -0.05) is 23.2 Å². The number of ether oxygens (including phenoxy) is 1. The molecule has 0 aliphatic heterocycles. The van der Waals surface area contributed by atoms with Crippen LogP contribution in [0.4, 0.5) is 5.69 Å². The number of hydrogen-bond acceptors (Lipinski definition) is 4. The fourth-order valence-electron chi connectivity index (χ4n) is 1.86. The van der Waals surface area contributed by atoms with Crippen molar-refractivity contribution in [2.75, 3.05) is 12.4 Å². The Balaban J connectivity index is 1.90. The molecule has 1 heterocycles. The van der Waals surface area contributed by atoms with Gasteiger partial charge in [0.15, 0.2) is 0 Å². The summed E-state index contributed by atoms with van der Waals surface area (Å²) in [5.74, 6) is 0.523. The molecule has 126 valence electrons. The smallest absolute Gasteiger partial charge is 0.305 e. The van der Waals surface area contributed by atoms with Crippen molar-refractivity contribution in [3.8, 4) is 0 Å². The van der Waals surface area contributed by atoms with E-state index in [2.05, 4.69) is 10.1 Å². The highest BCUT2D eigenvalue weighted by Crippen LogP contribution is 2.25. The zero-order valence-corrected chi connectivity index (χ0v) is 14.4. The van der Waals surface area contributed by atoms with E-state index in [0.29, 0.717) is 33.7 Å². The second kappa shape index (κ2) is 8.57. The van der Waals surface area contributed by atoms with Crippen LogP contribution in [0.3, 0.4) is 0 Å². The highest BCUT2D eigenvalue weighted by molar-refractivity contribution is 6.42. The van der Waals surface area contributed by atoms with Gasteiger partial charge in [-0.2, -0.15) is 0 Å². The largest absolute Gasteiger partial charge is 0.469 e. The van der Waals surface area contributed by atoms with Gasteiger partial charge in [-0.15, -0.1) is 0 Å². The number of furan rings is 1. The summed E-state index contributed by atoms with van der Waals surface area (Å²) in [6.45, 7) is 0. The number of hydrogen-bond donors (Lipinski definition) is 1. The topological polar surface area (TPSA) is 68.5 Å². The highest BCUT2D eigenvalue weighted by atomic mass is 35.5. The molecule has 7 heteroatoms. The van der Waals surface area contributed by atoms with Crippen molar-refractivity contribution in [1.29, 1.82) is 0 Å². The van der Waals surface area contributed by atoms with Gasteiger partial charge in [0.1, 0.15) is 11.5 Å². The normalized spacial score (nSPS) is 10.8. The first-order chi connectivity index (χ1) is 11.5. The van der Waals surface area contributed by atoms with Crippen LogP contribution in [0.2, 0.25) is 10.0 Å².